The van der Waals surface area contributed by atoms with Crippen molar-refractivity contribution in [1.29, 1.82) is 0 Å². The second-order valence-electron chi connectivity index (χ2n) is 9.63. The Bertz CT molecular complexity index is 1740. The number of hydrogen-bond acceptors (Lipinski definition) is 8. The molecule has 0 spiro atoms. The maximum absolute atomic E-state index is 12.2. The van der Waals surface area contributed by atoms with E-state index in [-0.39, 0.29) is 0 Å². The zero-order chi connectivity index (χ0) is 27.0. The van der Waals surface area contributed by atoms with Gasteiger partial charge in [0, 0.05) is 49.5 Å². The number of anilines is 3. The van der Waals surface area contributed by atoms with Gasteiger partial charge in [-0.2, -0.15) is 5.10 Å². The first-order valence-electron chi connectivity index (χ1n) is 12.8. The Morgan fingerprint density at radius 1 is 1.03 bits per heavy atom. The van der Waals surface area contributed by atoms with Gasteiger partial charge in [0.2, 0.25) is 16.0 Å². The normalized spacial score (nSPS) is 14.7. The molecular formula is C27H30N8O3S. The van der Waals surface area contributed by atoms with Crippen LogP contribution in [0, 0.1) is 0 Å². The molecule has 0 bridgehead atoms. The fourth-order valence-electron chi connectivity index (χ4n) is 4.76. The molecule has 5 aromatic rings. The molecule has 0 aliphatic carbocycles. The highest BCUT2D eigenvalue weighted by molar-refractivity contribution is 7.92. The molecular weight excluding hydrogens is 516 g/mol. The number of rotatable bonds is 8. The molecule has 0 unspecified atom stereocenters. The Hall–Kier alpha value is -4.00. The molecule has 1 aliphatic rings. The molecule has 4 heterocycles. The predicted molar refractivity (Wildman–Crippen MR) is 152 cm³/mol. The lowest BCUT2D eigenvalue weighted by Gasteiger charge is -2.26. The summed E-state index contributed by atoms with van der Waals surface area (Å²) in [5.41, 5.74) is 4.59. The molecule has 6 rings (SSSR count). The predicted octanol–water partition coefficient (Wildman–Crippen LogP) is 3.22. The zero-order valence-electron chi connectivity index (χ0n) is 21.9. The fourth-order valence-corrected chi connectivity index (χ4v) is 5.28. The van der Waals surface area contributed by atoms with E-state index in [1.54, 1.807) is 23.8 Å². The van der Waals surface area contributed by atoms with Crippen LogP contribution in [-0.4, -0.2) is 83.8 Å². The summed E-state index contributed by atoms with van der Waals surface area (Å²) >= 11 is 0. The molecule has 39 heavy (non-hydrogen) atoms. The molecule has 12 heteroatoms. The molecule has 0 radical (unpaired) electrons. The summed E-state index contributed by atoms with van der Waals surface area (Å²) in [6.07, 6.45) is 4.99. The van der Waals surface area contributed by atoms with Crippen molar-refractivity contribution in [1.82, 2.24) is 29.3 Å². The summed E-state index contributed by atoms with van der Waals surface area (Å²) in [7, 11) is -1.89. The molecule has 1 saturated heterocycles. The zero-order valence-corrected chi connectivity index (χ0v) is 22.7. The number of ether oxygens (including phenoxy) is 1. The van der Waals surface area contributed by atoms with Gasteiger partial charge >= 0.3 is 0 Å². The number of morpholine rings is 1. The van der Waals surface area contributed by atoms with Crippen LogP contribution < -0.4 is 9.62 Å². The monoisotopic (exact) mass is 546 g/mol. The number of nitrogens with zero attached hydrogens (tertiary/aromatic N) is 7. The average molecular weight is 547 g/mol. The van der Waals surface area contributed by atoms with Gasteiger partial charge in [-0.15, -0.1) is 5.10 Å². The standard InChI is InChI=1S/C27H30N8O3S/c1-32(39(2,36)37)25-6-4-3-5-23(25)26-10-9-22-18-28-27(31-35(22)26)29-21-8-7-20-19-34(30-24(20)17-21)12-11-33-13-15-38-16-14-33/h3-10,17-19H,11-16H2,1-2H3,(H,29,31). The highest BCUT2D eigenvalue weighted by Gasteiger charge is 2.19. The van der Waals surface area contributed by atoms with Crippen molar-refractivity contribution >= 4 is 43.8 Å². The fraction of sp³-hybridized carbons (Fsp3) is 0.296. The second kappa shape index (κ2) is 10.3. The van der Waals surface area contributed by atoms with E-state index >= 15 is 0 Å². The molecule has 202 valence electrons. The van der Waals surface area contributed by atoms with Crippen LogP contribution in [0.3, 0.4) is 0 Å². The van der Waals surface area contributed by atoms with Gasteiger partial charge in [-0.25, -0.2) is 17.9 Å². The minimum Gasteiger partial charge on any atom is -0.379 e. The van der Waals surface area contributed by atoms with E-state index in [0.717, 1.165) is 72.8 Å². The topological polar surface area (TPSA) is 110 Å². The van der Waals surface area contributed by atoms with Crippen LogP contribution in [0.2, 0.25) is 0 Å². The largest absolute Gasteiger partial charge is 0.379 e. The van der Waals surface area contributed by atoms with Crippen LogP contribution in [0.15, 0.2) is 67.0 Å². The van der Waals surface area contributed by atoms with E-state index in [0.29, 0.717) is 11.6 Å². The molecule has 3 aromatic heterocycles. The summed E-state index contributed by atoms with van der Waals surface area (Å²) in [6, 6.07) is 17.2. The van der Waals surface area contributed by atoms with E-state index < -0.39 is 10.0 Å². The number of fused-ring (bicyclic) bond motifs is 2. The van der Waals surface area contributed by atoms with Crippen LogP contribution in [0.4, 0.5) is 17.3 Å². The first-order chi connectivity index (χ1) is 18.8. The molecule has 11 nitrogen and oxygen atoms in total. The third-order valence-corrected chi connectivity index (χ3v) is 8.17. The summed E-state index contributed by atoms with van der Waals surface area (Å²) in [4.78, 5) is 6.87. The van der Waals surface area contributed by atoms with Crippen molar-refractivity contribution in [2.45, 2.75) is 6.54 Å². The molecule has 2 aromatic carbocycles. The van der Waals surface area contributed by atoms with Crippen molar-refractivity contribution in [3.8, 4) is 11.3 Å². The van der Waals surface area contributed by atoms with Crippen LogP contribution in [0.25, 0.3) is 27.7 Å². The van der Waals surface area contributed by atoms with Gasteiger partial charge in [-0.3, -0.25) is 13.9 Å². The van der Waals surface area contributed by atoms with Crippen LogP contribution in [-0.2, 0) is 21.3 Å². The minimum atomic E-state index is -3.43. The Kier molecular flexibility index (Phi) is 6.67. The van der Waals surface area contributed by atoms with Crippen molar-refractivity contribution in [2.24, 2.45) is 0 Å². The summed E-state index contributed by atoms with van der Waals surface area (Å²) in [6.45, 7) is 5.27. The van der Waals surface area contributed by atoms with Gasteiger partial charge in [0.1, 0.15) is 0 Å². The average Bonchev–Trinajstić information content (AvgIpc) is 3.55. The number of nitrogens with one attached hydrogen (secondary N) is 1. The van der Waals surface area contributed by atoms with Gasteiger partial charge in [-0.1, -0.05) is 18.2 Å². The van der Waals surface area contributed by atoms with Gasteiger partial charge in [0.25, 0.3) is 0 Å². The highest BCUT2D eigenvalue weighted by Crippen LogP contribution is 2.32. The first-order valence-corrected chi connectivity index (χ1v) is 14.6. The van der Waals surface area contributed by atoms with Gasteiger partial charge in [0.05, 0.1) is 54.6 Å². The Morgan fingerprint density at radius 3 is 2.67 bits per heavy atom. The Morgan fingerprint density at radius 2 is 1.85 bits per heavy atom. The maximum atomic E-state index is 12.2. The smallest absolute Gasteiger partial charge is 0.245 e. The lowest BCUT2D eigenvalue weighted by molar-refractivity contribution is 0.0360. The number of para-hydroxylation sites is 1. The van der Waals surface area contributed by atoms with E-state index in [4.69, 9.17) is 14.9 Å². The number of benzene rings is 2. The van der Waals surface area contributed by atoms with Crippen LogP contribution in [0.1, 0.15) is 0 Å². The summed E-state index contributed by atoms with van der Waals surface area (Å²) < 4.78 is 35.0. The molecule has 0 atom stereocenters. The third kappa shape index (κ3) is 5.31. The Labute approximate surface area is 226 Å². The molecule has 1 N–H and O–H groups in total. The van der Waals surface area contributed by atoms with Crippen LogP contribution >= 0.6 is 0 Å². The number of aromatic nitrogens is 5. The van der Waals surface area contributed by atoms with Gasteiger partial charge in [0.15, 0.2) is 0 Å². The lowest BCUT2D eigenvalue weighted by Crippen LogP contribution is -2.38. The molecule has 1 fully saturated rings. The van der Waals surface area contributed by atoms with Crippen molar-refractivity contribution in [2.75, 3.05) is 55.8 Å². The summed E-state index contributed by atoms with van der Waals surface area (Å²) in [5.74, 6) is 0.417. The van der Waals surface area contributed by atoms with Gasteiger partial charge in [-0.05, 0) is 36.4 Å². The SMILES string of the molecule is CN(c1ccccc1-c1ccc2cnc(Nc3ccc4cn(CCN5CCOCC5)nc4c3)nn12)S(C)(=O)=O. The maximum Gasteiger partial charge on any atom is 0.245 e. The minimum absolute atomic E-state index is 0.417. The van der Waals surface area contributed by atoms with E-state index in [2.05, 4.69) is 21.4 Å². The Balaban J connectivity index is 1.25. The molecule has 1 aliphatic heterocycles. The molecule has 0 amide bonds. The number of hydrogen-bond donors (Lipinski definition) is 1. The van der Waals surface area contributed by atoms with Crippen molar-refractivity contribution < 1.29 is 13.2 Å². The second-order valence-corrected chi connectivity index (χ2v) is 11.6. The summed E-state index contributed by atoms with van der Waals surface area (Å²) in [5, 5.41) is 13.8. The van der Waals surface area contributed by atoms with Crippen molar-refractivity contribution in [3.63, 3.8) is 0 Å². The number of sulfonamides is 1. The van der Waals surface area contributed by atoms with E-state index in [1.807, 2.05) is 53.2 Å². The molecule has 0 saturated carbocycles. The van der Waals surface area contributed by atoms with Gasteiger partial charge < -0.3 is 10.1 Å². The van der Waals surface area contributed by atoms with E-state index in [9.17, 15) is 8.42 Å². The van der Waals surface area contributed by atoms with Crippen molar-refractivity contribution in [3.05, 3.63) is 67.0 Å². The highest BCUT2D eigenvalue weighted by atomic mass is 32.2. The quantitative estimate of drug-likeness (QED) is 0.316. The lowest BCUT2D eigenvalue weighted by atomic mass is 10.1. The third-order valence-electron chi connectivity index (χ3n) is 6.98. The van der Waals surface area contributed by atoms with E-state index in [1.165, 1.54) is 10.6 Å². The first kappa shape index (κ1) is 25.3. The van der Waals surface area contributed by atoms with Crippen LogP contribution in [0.5, 0.6) is 0 Å².